The van der Waals surface area contributed by atoms with E-state index < -0.39 is 5.97 Å². The lowest BCUT2D eigenvalue weighted by Gasteiger charge is -1.96. The van der Waals surface area contributed by atoms with Gasteiger partial charge in [0.15, 0.2) is 0 Å². The molecule has 0 aliphatic rings. The number of rotatable bonds is 4. The summed E-state index contributed by atoms with van der Waals surface area (Å²) in [4.78, 5) is 21.5. The van der Waals surface area contributed by atoms with Gasteiger partial charge in [-0.2, -0.15) is 0 Å². The Kier molecular flexibility index (Phi) is 3.02. The lowest BCUT2D eigenvalue weighted by Crippen LogP contribution is -1.98. The van der Waals surface area contributed by atoms with Crippen LogP contribution in [0.2, 0.25) is 0 Å². The molecule has 0 aliphatic carbocycles. The van der Waals surface area contributed by atoms with Crippen molar-refractivity contribution in [2.45, 2.75) is 19.8 Å². The number of carboxylic acids is 1. The van der Waals surface area contributed by atoms with Crippen LogP contribution >= 0.6 is 0 Å². The van der Waals surface area contributed by atoms with Crippen LogP contribution in [0.1, 0.15) is 17.9 Å². The molecular formula is C15H15N3O2. The van der Waals surface area contributed by atoms with Crippen LogP contribution in [0, 0.1) is 6.92 Å². The van der Waals surface area contributed by atoms with Gasteiger partial charge in [0, 0.05) is 34.8 Å². The minimum Gasteiger partial charge on any atom is -0.481 e. The van der Waals surface area contributed by atoms with Gasteiger partial charge in [0.25, 0.3) is 0 Å². The minimum absolute atomic E-state index is 0.0836. The molecule has 0 spiro atoms. The van der Waals surface area contributed by atoms with E-state index in [0.717, 1.165) is 27.9 Å². The summed E-state index contributed by atoms with van der Waals surface area (Å²) in [7, 11) is 0. The minimum atomic E-state index is -0.812. The van der Waals surface area contributed by atoms with E-state index in [2.05, 4.69) is 15.0 Å². The zero-order valence-electron chi connectivity index (χ0n) is 11.1. The van der Waals surface area contributed by atoms with Gasteiger partial charge in [-0.05, 0) is 13.0 Å². The third-order valence-corrected chi connectivity index (χ3v) is 3.35. The lowest BCUT2D eigenvalue weighted by atomic mass is 10.1. The fourth-order valence-electron chi connectivity index (χ4n) is 2.40. The van der Waals surface area contributed by atoms with Crippen molar-refractivity contribution < 1.29 is 9.90 Å². The quantitative estimate of drug-likeness (QED) is 0.681. The van der Waals surface area contributed by atoms with Crippen LogP contribution in [0.15, 0.2) is 30.5 Å². The fraction of sp³-hybridized carbons (Fsp3) is 0.200. The Balaban J connectivity index is 1.99. The van der Waals surface area contributed by atoms with Gasteiger partial charge in [0.1, 0.15) is 5.82 Å². The Morgan fingerprint density at radius 2 is 2.15 bits per heavy atom. The molecule has 0 amide bonds. The van der Waals surface area contributed by atoms with Gasteiger partial charge in [-0.1, -0.05) is 18.2 Å². The largest absolute Gasteiger partial charge is 0.481 e. The van der Waals surface area contributed by atoms with E-state index in [-0.39, 0.29) is 6.42 Å². The normalized spacial score (nSPS) is 11.1. The van der Waals surface area contributed by atoms with Crippen molar-refractivity contribution in [3.05, 3.63) is 42.0 Å². The Morgan fingerprint density at radius 1 is 1.35 bits per heavy atom. The first-order valence-electron chi connectivity index (χ1n) is 6.49. The van der Waals surface area contributed by atoms with Crippen molar-refractivity contribution in [3.63, 3.8) is 0 Å². The number of aromatic amines is 2. The molecule has 0 saturated carbocycles. The summed E-state index contributed by atoms with van der Waals surface area (Å²) in [6, 6.07) is 8.05. The number of imidazole rings is 1. The third-order valence-electron chi connectivity index (χ3n) is 3.35. The third kappa shape index (κ3) is 2.18. The second kappa shape index (κ2) is 4.85. The van der Waals surface area contributed by atoms with Crippen LogP contribution in [0.3, 0.4) is 0 Å². The molecule has 3 N–H and O–H groups in total. The summed E-state index contributed by atoms with van der Waals surface area (Å²) in [5, 5.41) is 9.85. The summed E-state index contributed by atoms with van der Waals surface area (Å²) < 4.78 is 0. The van der Waals surface area contributed by atoms with E-state index in [9.17, 15) is 4.79 Å². The number of carboxylic acid groups (broad SMARTS) is 1. The van der Waals surface area contributed by atoms with Crippen molar-refractivity contribution in [1.29, 1.82) is 0 Å². The number of nitrogens with one attached hydrogen (secondary N) is 2. The highest BCUT2D eigenvalue weighted by Crippen LogP contribution is 2.29. The second-order valence-corrected chi connectivity index (χ2v) is 4.80. The van der Waals surface area contributed by atoms with E-state index in [4.69, 9.17) is 5.11 Å². The lowest BCUT2D eigenvalue weighted by molar-refractivity contribution is -0.137. The predicted molar refractivity (Wildman–Crippen MR) is 76.6 cm³/mol. The van der Waals surface area contributed by atoms with Gasteiger partial charge < -0.3 is 15.1 Å². The van der Waals surface area contributed by atoms with Gasteiger partial charge in [-0.25, -0.2) is 4.98 Å². The maximum Gasteiger partial charge on any atom is 0.303 e. The average Bonchev–Trinajstić information content (AvgIpc) is 2.99. The number of para-hydroxylation sites is 1. The first-order chi connectivity index (χ1) is 9.65. The smallest absolute Gasteiger partial charge is 0.303 e. The Hall–Kier alpha value is -2.56. The highest BCUT2D eigenvalue weighted by Gasteiger charge is 2.13. The summed E-state index contributed by atoms with van der Waals surface area (Å²) in [5.74, 6) is -0.0992. The molecule has 3 rings (SSSR count). The van der Waals surface area contributed by atoms with Crippen molar-refractivity contribution in [2.24, 2.45) is 0 Å². The van der Waals surface area contributed by atoms with Crippen molar-refractivity contribution >= 4 is 16.9 Å². The topological polar surface area (TPSA) is 81.8 Å². The number of hydrogen-bond acceptors (Lipinski definition) is 2. The monoisotopic (exact) mass is 269 g/mol. The van der Waals surface area contributed by atoms with Crippen molar-refractivity contribution in [2.75, 3.05) is 0 Å². The molecule has 0 atom stereocenters. The maximum atomic E-state index is 10.6. The van der Waals surface area contributed by atoms with Gasteiger partial charge in [-0.3, -0.25) is 4.79 Å². The molecular weight excluding hydrogens is 254 g/mol. The second-order valence-electron chi connectivity index (χ2n) is 4.80. The molecule has 0 saturated heterocycles. The van der Waals surface area contributed by atoms with Crippen molar-refractivity contribution in [1.82, 2.24) is 15.0 Å². The molecule has 0 aliphatic heterocycles. The van der Waals surface area contributed by atoms with E-state index in [0.29, 0.717) is 12.2 Å². The molecule has 2 aromatic heterocycles. The van der Waals surface area contributed by atoms with Crippen LogP contribution < -0.4 is 0 Å². The van der Waals surface area contributed by atoms with Gasteiger partial charge in [0.05, 0.1) is 12.1 Å². The zero-order valence-corrected chi connectivity index (χ0v) is 11.1. The number of carbonyl (C=O) groups is 1. The number of nitrogens with zero attached hydrogens (tertiary/aromatic N) is 1. The summed E-state index contributed by atoms with van der Waals surface area (Å²) in [6.07, 6.45) is 2.44. The zero-order chi connectivity index (χ0) is 14.1. The molecule has 2 heterocycles. The average molecular weight is 269 g/mol. The number of aliphatic carboxylic acids is 1. The number of fused-ring (bicyclic) bond motifs is 1. The number of benzene rings is 1. The summed E-state index contributed by atoms with van der Waals surface area (Å²) in [5.41, 5.74) is 3.94. The summed E-state index contributed by atoms with van der Waals surface area (Å²) in [6.45, 7) is 1.95. The van der Waals surface area contributed by atoms with Crippen LogP contribution in [0.5, 0.6) is 0 Å². The van der Waals surface area contributed by atoms with Gasteiger partial charge in [0.2, 0.25) is 0 Å². The van der Waals surface area contributed by atoms with Gasteiger partial charge >= 0.3 is 5.97 Å². The van der Waals surface area contributed by atoms with E-state index in [1.165, 1.54) is 0 Å². The van der Waals surface area contributed by atoms with Gasteiger partial charge in [-0.15, -0.1) is 0 Å². The molecule has 5 heteroatoms. The summed E-state index contributed by atoms with van der Waals surface area (Å²) >= 11 is 0. The molecule has 5 nitrogen and oxygen atoms in total. The highest BCUT2D eigenvalue weighted by molar-refractivity contribution is 5.95. The van der Waals surface area contributed by atoms with Crippen LogP contribution in [0.25, 0.3) is 22.2 Å². The SMILES string of the molecule is Cc1[nH]c(CCC(=O)O)nc1-c1c[nH]c2ccccc12. The van der Waals surface area contributed by atoms with Crippen LogP contribution in [-0.4, -0.2) is 26.0 Å². The number of aromatic nitrogens is 3. The highest BCUT2D eigenvalue weighted by atomic mass is 16.4. The van der Waals surface area contributed by atoms with E-state index in [1.54, 1.807) is 0 Å². The Morgan fingerprint density at radius 3 is 2.95 bits per heavy atom. The van der Waals surface area contributed by atoms with Crippen molar-refractivity contribution in [3.8, 4) is 11.3 Å². The maximum absolute atomic E-state index is 10.6. The molecule has 3 aromatic rings. The molecule has 0 bridgehead atoms. The Labute approximate surface area is 115 Å². The predicted octanol–water partition coefficient (Wildman–Crippen LogP) is 2.88. The molecule has 0 fully saturated rings. The fourth-order valence-corrected chi connectivity index (χ4v) is 2.40. The molecule has 0 unspecified atom stereocenters. The molecule has 20 heavy (non-hydrogen) atoms. The molecule has 102 valence electrons. The van der Waals surface area contributed by atoms with Crippen LogP contribution in [-0.2, 0) is 11.2 Å². The molecule has 1 aromatic carbocycles. The standard InChI is InChI=1S/C15H15N3O2/c1-9-15(18-13(17-9)6-7-14(19)20)11-8-16-12-5-3-2-4-10(11)12/h2-5,8,16H,6-7H2,1H3,(H,17,18)(H,19,20). The number of aryl methyl sites for hydroxylation is 2. The van der Waals surface area contributed by atoms with E-state index in [1.807, 2.05) is 37.4 Å². The first kappa shape index (κ1) is 12.5. The number of hydrogen-bond donors (Lipinski definition) is 3. The number of H-pyrrole nitrogens is 2. The van der Waals surface area contributed by atoms with Crippen LogP contribution in [0.4, 0.5) is 0 Å². The Bertz CT molecular complexity index is 770. The van der Waals surface area contributed by atoms with E-state index >= 15 is 0 Å². The first-order valence-corrected chi connectivity index (χ1v) is 6.49. The molecule has 0 radical (unpaired) electrons.